The number of aliphatic hydroxyl groups excluding tert-OH is 7. The molecule has 2 aliphatic rings. The number of phenols is 3. The fraction of sp³-hybridized carbons (Fsp3) is 0.464. The van der Waals surface area contributed by atoms with Gasteiger partial charge in [-0.25, -0.2) is 0 Å². The summed E-state index contributed by atoms with van der Waals surface area (Å²) in [5.74, 6) is -2.62. The van der Waals surface area contributed by atoms with Crippen molar-refractivity contribution in [2.45, 2.75) is 54.9 Å². The van der Waals surface area contributed by atoms with Gasteiger partial charge in [-0.15, -0.1) is 0 Å². The highest BCUT2D eigenvalue weighted by molar-refractivity contribution is 5.92. The van der Waals surface area contributed by atoms with E-state index in [1.807, 2.05) is 0 Å². The van der Waals surface area contributed by atoms with E-state index in [0.717, 1.165) is 6.07 Å². The van der Waals surface area contributed by atoms with Crippen LogP contribution in [0.25, 0.3) is 22.3 Å². The summed E-state index contributed by atoms with van der Waals surface area (Å²) in [5.41, 5.74) is -2.59. The van der Waals surface area contributed by atoms with Gasteiger partial charge in [0.05, 0.1) is 38.6 Å². The molecule has 16 heteroatoms. The SMILES string of the molecule is COc1cc(-c2cc(=O)c3c(O)c(C4OCC(O)C(O)C4O)c(O)c(C4OC(CO)C(O)C(O)C4O)c3o2)cc(OC)c1O. The van der Waals surface area contributed by atoms with Gasteiger partial charge in [0.25, 0.3) is 0 Å². The van der Waals surface area contributed by atoms with Gasteiger partial charge in [-0.1, -0.05) is 0 Å². The highest BCUT2D eigenvalue weighted by atomic mass is 16.5. The Morgan fingerprint density at radius 1 is 0.773 bits per heavy atom. The zero-order chi connectivity index (χ0) is 32.2. The summed E-state index contributed by atoms with van der Waals surface area (Å²) >= 11 is 0. The van der Waals surface area contributed by atoms with Crippen molar-refractivity contribution in [2.24, 2.45) is 0 Å². The van der Waals surface area contributed by atoms with E-state index in [0.29, 0.717) is 0 Å². The second kappa shape index (κ2) is 12.0. The fourth-order valence-electron chi connectivity index (χ4n) is 5.52. The van der Waals surface area contributed by atoms with Gasteiger partial charge in [0, 0.05) is 11.6 Å². The normalized spacial score (nSPS) is 30.8. The Morgan fingerprint density at radius 2 is 1.39 bits per heavy atom. The highest BCUT2D eigenvalue weighted by Crippen LogP contribution is 2.51. The number of fused-ring (bicyclic) bond motifs is 1. The van der Waals surface area contributed by atoms with E-state index in [9.17, 15) is 55.9 Å². The van der Waals surface area contributed by atoms with Crippen LogP contribution in [0.4, 0.5) is 0 Å². The molecule has 2 fully saturated rings. The fourth-order valence-corrected chi connectivity index (χ4v) is 5.52. The first-order valence-electron chi connectivity index (χ1n) is 13.3. The lowest BCUT2D eigenvalue weighted by molar-refractivity contribution is -0.231. The molecule has 2 aromatic carbocycles. The summed E-state index contributed by atoms with van der Waals surface area (Å²) in [6.07, 6.45) is -16.0. The number of phenolic OH excluding ortho intramolecular Hbond substituents is 3. The molecule has 0 saturated carbocycles. The molecule has 240 valence electrons. The molecule has 0 spiro atoms. The molecule has 2 saturated heterocycles. The van der Waals surface area contributed by atoms with Crippen molar-refractivity contribution in [3.63, 3.8) is 0 Å². The van der Waals surface area contributed by atoms with Crippen LogP contribution in [0.1, 0.15) is 23.3 Å². The number of ether oxygens (including phenoxy) is 4. The van der Waals surface area contributed by atoms with Crippen LogP contribution >= 0.6 is 0 Å². The molecule has 3 heterocycles. The van der Waals surface area contributed by atoms with Crippen molar-refractivity contribution >= 4 is 11.0 Å². The average molecular weight is 625 g/mol. The van der Waals surface area contributed by atoms with Gasteiger partial charge in [0.15, 0.2) is 22.5 Å². The van der Waals surface area contributed by atoms with Gasteiger partial charge in [-0.3, -0.25) is 4.79 Å². The molecule has 44 heavy (non-hydrogen) atoms. The number of aliphatic hydroxyl groups is 7. The lowest BCUT2D eigenvalue weighted by Gasteiger charge is -2.41. The second-order valence-electron chi connectivity index (χ2n) is 10.5. The molecule has 2 aliphatic heterocycles. The Balaban J connectivity index is 1.83. The Kier molecular flexibility index (Phi) is 8.65. The van der Waals surface area contributed by atoms with Crippen molar-refractivity contribution in [3.8, 4) is 40.1 Å². The predicted molar refractivity (Wildman–Crippen MR) is 145 cm³/mol. The van der Waals surface area contributed by atoms with Crippen molar-refractivity contribution in [1.29, 1.82) is 0 Å². The number of rotatable bonds is 6. The molecule has 9 atom stereocenters. The number of hydrogen-bond acceptors (Lipinski definition) is 16. The molecule has 0 radical (unpaired) electrons. The summed E-state index contributed by atoms with van der Waals surface area (Å²) in [6, 6.07) is 3.53. The van der Waals surface area contributed by atoms with Gasteiger partial charge in [0.2, 0.25) is 5.75 Å². The van der Waals surface area contributed by atoms with Crippen LogP contribution in [-0.2, 0) is 9.47 Å². The Labute approximate surface area is 247 Å². The lowest BCUT2D eigenvalue weighted by atomic mass is 9.85. The molecular formula is C28H32O16. The number of methoxy groups -OCH3 is 2. The first kappa shape index (κ1) is 31.7. The molecule has 10 N–H and O–H groups in total. The van der Waals surface area contributed by atoms with Crippen molar-refractivity contribution in [2.75, 3.05) is 27.4 Å². The van der Waals surface area contributed by atoms with Gasteiger partial charge in [-0.05, 0) is 12.1 Å². The van der Waals surface area contributed by atoms with Crippen LogP contribution < -0.4 is 14.9 Å². The minimum Gasteiger partial charge on any atom is -0.507 e. The molecule has 5 rings (SSSR count). The van der Waals surface area contributed by atoms with Crippen LogP contribution in [0.2, 0.25) is 0 Å². The molecule has 16 nitrogen and oxygen atoms in total. The summed E-state index contributed by atoms with van der Waals surface area (Å²) < 4.78 is 27.4. The first-order valence-corrected chi connectivity index (χ1v) is 13.3. The van der Waals surface area contributed by atoms with E-state index in [2.05, 4.69) is 0 Å². The summed E-state index contributed by atoms with van der Waals surface area (Å²) in [7, 11) is 2.53. The van der Waals surface area contributed by atoms with Gasteiger partial charge >= 0.3 is 0 Å². The van der Waals surface area contributed by atoms with Gasteiger partial charge < -0.3 is 74.4 Å². The van der Waals surface area contributed by atoms with Crippen LogP contribution in [-0.4, -0.2) is 121 Å². The average Bonchev–Trinajstić information content (AvgIpc) is 3.00. The monoisotopic (exact) mass is 624 g/mol. The van der Waals surface area contributed by atoms with E-state index in [4.69, 9.17) is 23.4 Å². The van der Waals surface area contributed by atoms with E-state index >= 15 is 0 Å². The standard InChI is InChI=1S/C28H32O16/c1-40-12-3-8(4-13(41-2)19(12)33)11-5-9(30)15-21(35)16(27-24(38)18(32)10(31)7-42-27)22(36)17(26(15)43-11)28-25(39)23(37)20(34)14(6-29)44-28/h3-5,10,14,18,20,23-25,27-29,31-39H,6-7H2,1-2H3. The third-order valence-electron chi connectivity index (χ3n) is 7.92. The zero-order valence-electron chi connectivity index (χ0n) is 23.3. The number of benzene rings is 2. The summed E-state index contributed by atoms with van der Waals surface area (Å²) in [4.78, 5) is 13.6. The molecule has 3 aromatic rings. The van der Waals surface area contributed by atoms with E-state index in [1.54, 1.807) is 0 Å². The Bertz CT molecular complexity index is 1580. The molecular weight excluding hydrogens is 592 g/mol. The third-order valence-corrected chi connectivity index (χ3v) is 7.92. The number of hydrogen-bond donors (Lipinski definition) is 10. The maximum Gasteiger partial charge on any atom is 0.200 e. The molecule has 0 amide bonds. The van der Waals surface area contributed by atoms with E-state index in [1.165, 1.54) is 26.4 Å². The van der Waals surface area contributed by atoms with E-state index in [-0.39, 0.29) is 28.6 Å². The molecule has 1 aromatic heterocycles. The third kappa shape index (κ3) is 4.99. The van der Waals surface area contributed by atoms with Crippen LogP contribution in [0.5, 0.6) is 28.7 Å². The second-order valence-corrected chi connectivity index (χ2v) is 10.5. The largest absolute Gasteiger partial charge is 0.507 e. The minimum absolute atomic E-state index is 0.0681. The van der Waals surface area contributed by atoms with Crippen LogP contribution in [0.15, 0.2) is 27.4 Å². The minimum atomic E-state index is -2.01. The molecule has 9 unspecified atom stereocenters. The topological polar surface area (TPSA) is 269 Å². The number of aromatic hydroxyl groups is 3. The van der Waals surface area contributed by atoms with Crippen molar-refractivity contribution in [1.82, 2.24) is 0 Å². The quantitative estimate of drug-likeness (QED) is 0.146. The van der Waals surface area contributed by atoms with Crippen molar-refractivity contribution < 1.29 is 74.4 Å². The first-order chi connectivity index (χ1) is 20.9. The molecule has 0 bridgehead atoms. The smallest absolute Gasteiger partial charge is 0.200 e. The highest BCUT2D eigenvalue weighted by Gasteiger charge is 2.48. The molecule has 0 aliphatic carbocycles. The maximum absolute atomic E-state index is 13.6. The van der Waals surface area contributed by atoms with Gasteiger partial charge in [0.1, 0.15) is 77.6 Å². The zero-order valence-corrected chi connectivity index (χ0v) is 23.3. The lowest BCUT2D eigenvalue weighted by Crippen LogP contribution is -2.55. The van der Waals surface area contributed by atoms with Crippen LogP contribution in [0, 0.1) is 0 Å². The Hall–Kier alpha value is -3.71. The summed E-state index contributed by atoms with van der Waals surface area (Å²) in [5, 5.41) is 105. The maximum atomic E-state index is 13.6. The van der Waals surface area contributed by atoms with E-state index < -0.39 is 107 Å². The van der Waals surface area contributed by atoms with Crippen LogP contribution in [0.3, 0.4) is 0 Å². The predicted octanol–water partition coefficient (Wildman–Crippen LogP) is -1.74. The summed E-state index contributed by atoms with van der Waals surface area (Å²) in [6.45, 7) is -1.39. The van der Waals surface area contributed by atoms with Gasteiger partial charge in [-0.2, -0.15) is 0 Å². The van der Waals surface area contributed by atoms with Crippen molar-refractivity contribution in [3.05, 3.63) is 39.5 Å². The Morgan fingerprint density at radius 3 is 1.98 bits per heavy atom.